The minimum absolute atomic E-state index is 0.112. The van der Waals surface area contributed by atoms with Crippen LogP contribution in [-0.2, 0) is 17.8 Å². The minimum Gasteiger partial charge on any atom is -0.347 e. The largest absolute Gasteiger partial charge is 0.347 e. The van der Waals surface area contributed by atoms with Gasteiger partial charge in [-0.25, -0.2) is 0 Å². The van der Waals surface area contributed by atoms with Gasteiger partial charge in [-0.05, 0) is 30.4 Å². The summed E-state index contributed by atoms with van der Waals surface area (Å²) in [5, 5.41) is 0. The number of nitrogens with two attached hydrogens (primary N) is 1. The molecule has 1 aliphatic rings. The standard InChI is InChI=1S/C12H19N3O/c1-14(2)12(16)8-15-6-9-4-3-5-11(13)10(9)7-15/h6-7,11H,3-5,8,13H2,1-2H3. The average Bonchev–Trinajstić information content (AvgIpc) is 2.61. The number of carbonyl (C=O) groups excluding carboxylic acids is 1. The molecule has 0 radical (unpaired) electrons. The predicted molar refractivity (Wildman–Crippen MR) is 63.0 cm³/mol. The van der Waals surface area contributed by atoms with Crippen molar-refractivity contribution in [1.82, 2.24) is 9.47 Å². The van der Waals surface area contributed by atoms with Crippen LogP contribution in [0.1, 0.15) is 30.0 Å². The fourth-order valence-electron chi connectivity index (χ4n) is 2.17. The van der Waals surface area contributed by atoms with Crippen molar-refractivity contribution in [3.63, 3.8) is 0 Å². The molecule has 1 amide bonds. The second-order valence-corrected chi connectivity index (χ2v) is 4.70. The van der Waals surface area contributed by atoms with E-state index in [0.29, 0.717) is 6.54 Å². The van der Waals surface area contributed by atoms with Gasteiger partial charge in [-0.3, -0.25) is 4.79 Å². The molecule has 0 bridgehead atoms. The second-order valence-electron chi connectivity index (χ2n) is 4.70. The Kier molecular flexibility index (Phi) is 3.01. The number of nitrogens with zero attached hydrogens (tertiary/aromatic N) is 2. The molecule has 1 aromatic heterocycles. The fourth-order valence-corrected chi connectivity index (χ4v) is 2.17. The lowest BCUT2D eigenvalue weighted by atomic mass is 9.92. The third-order valence-electron chi connectivity index (χ3n) is 3.17. The van der Waals surface area contributed by atoms with E-state index < -0.39 is 0 Å². The van der Waals surface area contributed by atoms with Crippen molar-refractivity contribution >= 4 is 5.91 Å². The molecule has 1 aromatic rings. The van der Waals surface area contributed by atoms with Crippen LogP contribution < -0.4 is 5.73 Å². The first kappa shape index (κ1) is 11.2. The van der Waals surface area contributed by atoms with Crippen LogP contribution in [0.15, 0.2) is 12.4 Å². The normalized spacial score (nSPS) is 19.3. The highest BCUT2D eigenvalue weighted by atomic mass is 16.2. The molecule has 1 atom stereocenters. The summed E-state index contributed by atoms with van der Waals surface area (Å²) in [5.74, 6) is 0.112. The highest BCUT2D eigenvalue weighted by molar-refractivity contribution is 5.75. The van der Waals surface area contributed by atoms with Crippen molar-refractivity contribution in [1.29, 1.82) is 0 Å². The maximum Gasteiger partial charge on any atom is 0.241 e. The summed E-state index contributed by atoms with van der Waals surface area (Å²) in [7, 11) is 3.55. The third-order valence-corrected chi connectivity index (χ3v) is 3.17. The summed E-state index contributed by atoms with van der Waals surface area (Å²) in [6.45, 7) is 0.409. The second kappa shape index (κ2) is 4.29. The molecule has 0 aromatic carbocycles. The van der Waals surface area contributed by atoms with Crippen molar-refractivity contribution in [2.75, 3.05) is 14.1 Å². The smallest absolute Gasteiger partial charge is 0.241 e. The van der Waals surface area contributed by atoms with Crippen LogP contribution in [0, 0.1) is 0 Å². The molecule has 0 saturated heterocycles. The van der Waals surface area contributed by atoms with Crippen molar-refractivity contribution in [2.24, 2.45) is 5.73 Å². The Labute approximate surface area is 96.0 Å². The van der Waals surface area contributed by atoms with Gasteiger partial charge >= 0.3 is 0 Å². The topological polar surface area (TPSA) is 51.3 Å². The molecule has 16 heavy (non-hydrogen) atoms. The van der Waals surface area contributed by atoms with Crippen LogP contribution in [0.25, 0.3) is 0 Å². The summed E-state index contributed by atoms with van der Waals surface area (Å²) in [5.41, 5.74) is 8.57. The monoisotopic (exact) mass is 221 g/mol. The lowest BCUT2D eigenvalue weighted by molar-refractivity contribution is -0.129. The summed E-state index contributed by atoms with van der Waals surface area (Å²) in [6, 6.07) is 0.152. The van der Waals surface area contributed by atoms with Gasteiger partial charge in [0.25, 0.3) is 0 Å². The van der Waals surface area contributed by atoms with E-state index in [0.717, 1.165) is 19.3 Å². The summed E-state index contributed by atoms with van der Waals surface area (Å²) < 4.78 is 1.96. The number of hydrogen-bond donors (Lipinski definition) is 1. The predicted octanol–water partition coefficient (Wildman–Crippen LogP) is 0.912. The van der Waals surface area contributed by atoms with Crippen molar-refractivity contribution < 1.29 is 4.79 Å². The van der Waals surface area contributed by atoms with E-state index in [-0.39, 0.29) is 11.9 Å². The number of rotatable bonds is 2. The number of aryl methyl sites for hydroxylation is 1. The zero-order valence-corrected chi connectivity index (χ0v) is 9.94. The zero-order valence-electron chi connectivity index (χ0n) is 9.94. The molecule has 2 N–H and O–H groups in total. The first-order valence-electron chi connectivity index (χ1n) is 5.72. The third kappa shape index (κ3) is 2.11. The molecule has 1 unspecified atom stereocenters. The lowest BCUT2D eigenvalue weighted by Gasteiger charge is -2.17. The Morgan fingerprint density at radius 3 is 2.94 bits per heavy atom. The van der Waals surface area contributed by atoms with E-state index in [1.165, 1.54) is 11.1 Å². The maximum absolute atomic E-state index is 11.6. The number of likely N-dealkylation sites (N-methyl/N-ethyl adjacent to an activating group) is 1. The van der Waals surface area contributed by atoms with E-state index in [9.17, 15) is 4.79 Å². The minimum atomic E-state index is 0.112. The van der Waals surface area contributed by atoms with Gasteiger partial charge in [0.2, 0.25) is 5.91 Å². The molecule has 88 valence electrons. The molecule has 0 saturated carbocycles. The molecular weight excluding hydrogens is 202 g/mol. The molecule has 4 nitrogen and oxygen atoms in total. The summed E-state index contributed by atoms with van der Waals surface area (Å²) in [6.07, 6.45) is 7.39. The zero-order chi connectivity index (χ0) is 11.7. The molecule has 1 aliphatic carbocycles. The first-order chi connectivity index (χ1) is 7.58. The number of aromatic nitrogens is 1. The number of carbonyl (C=O) groups is 1. The molecular formula is C12H19N3O. The number of fused-ring (bicyclic) bond motifs is 1. The van der Waals surface area contributed by atoms with Crippen LogP contribution in [0.4, 0.5) is 0 Å². The summed E-state index contributed by atoms with van der Waals surface area (Å²) in [4.78, 5) is 13.2. The van der Waals surface area contributed by atoms with Gasteiger partial charge in [-0.15, -0.1) is 0 Å². The lowest BCUT2D eigenvalue weighted by Crippen LogP contribution is -2.25. The Balaban J connectivity index is 2.15. The molecule has 0 spiro atoms. The SMILES string of the molecule is CN(C)C(=O)Cn1cc2c(c1)C(N)CCC2. The van der Waals surface area contributed by atoms with Crippen LogP contribution in [-0.4, -0.2) is 29.5 Å². The molecule has 0 fully saturated rings. The van der Waals surface area contributed by atoms with Crippen molar-refractivity contribution in [3.8, 4) is 0 Å². The Bertz CT molecular complexity index is 395. The van der Waals surface area contributed by atoms with Crippen LogP contribution in [0.2, 0.25) is 0 Å². The number of amides is 1. The van der Waals surface area contributed by atoms with Crippen molar-refractivity contribution in [3.05, 3.63) is 23.5 Å². The Hall–Kier alpha value is -1.29. The molecule has 0 aliphatic heterocycles. The van der Waals surface area contributed by atoms with Crippen LogP contribution >= 0.6 is 0 Å². The van der Waals surface area contributed by atoms with E-state index in [1.807, 2.05) is 10.8 Å². The van der Waals surface area contributed by atoms with E-state index in [4.69, 9.17) is 5.73 Å². The summed E-state index contributed by atoms with van der Waals surface area (Å²) >= 11 is 0. The average molecular weight is 221 g/mol. The van der Waals surface area contributed by atoms with Crippen LogP contribution in [0.5, 0.6) is 0 Å². The highest BCUT2D eigenvalue weighted by Crippen LogP contribution is 2.28. The Morgan fingerprint density at radius 1 is 1.56 bits per heavy atom. The van der Waals surface area contributed by atoms with E-state index in [2.05, 4.69) is 6.20 Å². The Morgan fingerprint density at radius 2 is 2.31 bits per heavy atom. The van der Waals surface area contributed by atoms with Gasteiger partial charge < -0.3 is 15.2 Å². The molecule has 1 heterocycles. The van der Waals surface area contributed by atoms with Gasteiger partial charge in [0, 0.05) is 32.5 Å². The number of hydrogen-bond acceptors (Lipinski definition) is 2. The van der Waals surface area contributed by atoms with Gasteiger partial charge in [0.15, 0.2) is 0 Å². The molecule has 4 heteroatoms. The van der Waals surface area contributed by atoms with Crippen LogP contribution in [0.3, 0.4) is 0 Å². The van der Waals surface area contributed by atoms with Gasteiger partial charge in [0.05, 0.1) is 0 Å². The fraction of sp³-hybridized carbons (Fsp3) is 0.583. The molecule has 2 rings (SSSR count). The van der Waals surface area contributed by atoms with E-state index >= 15 is 0 Å². The quantitative estimate of drug-likeness (QED) is 0.807. The van der Waals surface area contributed by atoms with Crippen molar-refractivity contribution in [2.45, 2.75) is 31.8 Å². The first-order valence-corrected chi connectivity index (χ1v) is 5.72. The van der Waals surface area contributed by atoms with Gasteiger partial charge in [-0.1, -0.05) is 0 Å². The van der Waals surface area contributed by atoms with E-state index in [1.54, 1.807) is 19.0 Å². The highest BCUT2D eigenvalue weighted by Gasteiger charge is 2.19. The van der Waals surface area contributed by atoms with Gasteiger partial charge in [0.1, 0.15) is 6.54 Å². The van der Waals surface area contributed by atoms with Gasteiger partial charge in [-0.2, -0.15) is 0 Å². The maximum atomic E-state index is 11.6.